The molecule has 5 rings (SSSR count). The standard InChI is InChI=1S/C24H24O3/c1-2-6-19-17(5-1)9-10-21(19)22-11-12-24(23-8-4-3-7-20(22)23)26-14-13-25-15-18-16-27-18/h1-8,11-12,18,21H,9-10,13-16H2. The Morgan fingerprint density at radius 1 is 0.852 bits per heavy atom. The number of benzene rings is 3. The number of fused-ring (bicyclic) bond motifs is 2. The summed E-state index contributed by atoms with van der Waals surface area (Å²) in [5.74, 6) is 1.41. The van der Waals surface area contributed by atoms with Crippen LogP contribution in [0.3, 0.4) is 0 Å². The number of rotatable bonds is 7. The lowest BCUT2D eigenvalue weighted by atomic mass is 9.89. The van der Waals surface area contributed by atoms with Gasteiger partial charge in [-0.15, -0.1) is 0 Å². The summed E-state index contributed by atoms with van der Waals surface area (Å²) in [5.41, 5.74) is 4.38. The summed E-state index contributed by atoms with van der Waals surface area (Å²) < 4.78 is 16.8. The molecule has 2 unspecified atom stereocenters. The van der Waals surface area contributed by atoms with Crippen molar-refractivity contribution >= 4 is 10.8 Å². The van der Waals surface area contributed by atoms with Gasteiger partial charge in [-0.2, -0.15) is 0 Å². The maximum absolute atomic E-state index is 6.04. The summed E-state index contributed by atoms with van der Waals surface area (Å²) in [6.45, 7) is 2.65. The third kappa shape index (κ3) is 3.45. The third-order valence-electron chi connectivity index (χ3n) is 5.62. The van der Waals surface area contributed by atoms with Crippen LogP contribution in [0.5, 0.6) is 5.75 Å². The van der Waals surface area contributed by atoms with Crippen LogP contribution in [0.15, 0.2) is 60.7 Å². The van der Waals surface area contributed by atoms with Crippen LogP contribution in [0.25, 0.3) is 10.8 Å². The molecule has 3 heteroatoms. The molecular weight excluding hydrogens is 336 g/mol. The zero-order valence-corrected chi connectivity index (χ0v) is 15.4. The largest absolute Gasteiger partial charge is 0.491 e. The number of epoxide rings is 1. The SMILES string of the molecule is c1ccc2c(c1)CCC2c1ccc(OCCOCC2CO2)c2ccccc12. The third-order valence-corrected chi connectivity index (χ3v) is 5.62. The minimum absolute atomic E-state index is 0.305. The summed E-state index contributed by atoms with van der Waals surface area (Å²) >= 11 is 0. The van der Waals surface area contributed by atoms with E-state index in [1.165, 1.54) is 33.9 Å². The summed E-state index contributed by atoms with van der Waals surface area (Å²) in [6.07, 6.45) is 2.65. The van der Waals surface area contributed by atoms with Gasteiger partial charge < -0.3 is 14.2 Å². The molecular formula is C24H24O3. The van der Waals surface area contributed by atoms with Crippen LogP contribution in [0.1, 0.15) is 29.0 Å². The first kappa shape index (κ1) is 16.8. The van der Waals surface area contributed by atoms with Crippen LogP contribution < -0.4 is 4.74 Å². The van der Waals surface area contributed by atoms with Crippen molar-refractivity contribution < 1.29 is 14.2 Å². The second-order valence-electron chi connectivity index (χ2n) is 7.37. The number of hydrogen-bond donors (Lipinski definition) is 0. The quantitative estimate of drug-likeness (QED) is 0.451. The van der Waals surface area contributed by atoms with E-state index in [9.17, 15) is 0 Å². The summed E-state index contributed by atoms with van der Waals surface area (Å²) in [5, 5.41) is 2.48. The Balaban J connectivity index is 1.39. The van der Waals surface area contributed by atoms with Gasteiger partial charge in [0.2, 0.25) is 0 Å². The van der Waals surface area contributed by atoms with Gasteiger partial charge in [-0.1, -0.05) is 54.6 Å². The van der Waals surface area contributed by atoms with E-state index in [0.29, 0.717) is 31.8 Å². The smallest absolute Gasteiger partial charge is 0.127 e. The van der Waals surface area contributed by atoms with E-state index < -0.39 is 0 Å². The predicted octanol–water partition coefficient (Wildman–Crippen LogP) is 4.71. The van der Waals surface area contributed by atoms with Crippen molar-refractivity contribution in [3.63, 3.8) is 0 Å². The number of aryl methyl sites for hydroxylation is 1. The topological polar surface area (TPSA) is 31.0 Å². The Hall–Kier alpha value is -2.36. The molecule has 0 aromatic heterocycles. The van der Waals surface area contributed by atoms with Crippen molar-refractivity contribution in [2.45, 2.75) is 24.9 Å². The summed E-state index contributed by atoms with van der Waals surface area (Å²) in [4.78, 5) is 0. The molecule has 3 aromatic carbocycles. The van der Waals surface area contributed by atoms with E-state index in [1.807, 2.05) is 0 Å². The highest BCUT2D eigenvalue weighted by molar-refractivity contribution is 5.92. The van der Waals surface area contributed by atoms with Crippen molar-refractivity contribution in [3.8, 4) is 5.75 Å². The number of ether oxygens (including phenoxy) is 3. The van der Waals surface area contributed by atoms with Crippen LogP contribution in [0.2, 0.25) is 0 Å². The van der Waals surface area contributed by atoms with Crippen LogP contribution in [-0.2, 0) is 15.9 Å². The molecule has 2 atom stereocenters. The van der Waals surface area contributed by atoms with Crippen molar-refractivity contribution in [1.82, 2.24) is 0 Å². The molecule has 0 amide bonds. The minimum Gasteiger partial charge on any atom is -0.491 e. The fourth-order valence-electron chi connectivity index (χ4n) is 4.19. The van der Waals surface area contributed by atoms with E-state index in [2.05, 4.69) is 60.7 Å². The van der Waals surface area contributed by atoms with Gasteiger partial charge in [0.05, 0.1) is 19.8 Å². The normalized spacial score (nSPS) is 20.6. The van der Waals surface area contributed by atoms with Crippen LogP contribution >= 0.6 is 0 Å². The first-order valence-electron chi connectivity index (χ1n) is 9.82. The average molecular weight is 360 g/mol. The molecule has 0 N–H and O–H groups in total. The van der Waals surface area contributed by atoms with Crippen molar-refractivity contribution in [3.05, 3.63) is 77.4 Å². The second kappa shape index (κ2) is 7.34. The molecule has 1 saturated heterocycles. The van der Waals surface area contributed by atoms with Gasteiger partial charge in [0.25, 0.3) is 0 Å². The fourth-order valence-corrected chi connectivity index (χ4v) is 4.19. The van der Waals surface area contributed by atoms with Gasteiger partial charge in [-0.3, -0.25) is 0 Å². The molecule has 1 fully saturated rings. The molecule has 27 heavy (non-hydrogen) atoms. The predicted molar refractivity (Wildman–Crippen MR) is 107 cm³/mol. The van der Waals surface area contributed by atoms with E-state index in [4.69, 9.17) is 14.2 Å². The van der Waals surface area contributed by atoms with Crippen molar-refractivity contribution in [1.29, 1.82) is 0 Å². The van der Waals surface area contributed by atoms with Crippen LogP contribution in [-0.4, -0.2) is 32.5 Å². The first-order chi connectivity index (χ1) is 13.4. The highest BCUT2D eigenvalue weighted by Crippen LogP contribution is 2.42. The minimum atomic E-state index is 0.305. The highest BCUT2D eigenvalue weighted by atomic mass is 16.6. The van der Waals surface area contributed by atoms with E-state index in [1.54, 1.807) is 0 Å². The van der Waals surface area contributed by atoms with Crippen molar-refractivity contribution in [2.24, 2.45) is 0 Å². The Morgan fingerprint density at radius 3 is 2.56 bits per heavy atom. The molecule has 0 saturated carbocycles. The molecule has 0 radical (unpaired) electrons. The number of hydrogen-bond acceptors (Lipinski definition) is 3. The maximum Gasteiger partial charge on any atom is 0.127 e. The molecule has 1 heterocycles. The Morgan fingerprint density at radius 2 is 1.67 bits per heavy atom. The maximum atomic E-state index is 6.04. The summed E-state index contributed by atoms with van der Waals surface area (Å²) in [7, 11) is 0. The van der Waals surface area contributed by atoms with Gasteiger partial charge in [-0.25, -0.2) is 0 Å². The molecule has 3 nitrogen and oxygen atoms in total. The van der Waals surface area contributed by atoms with Crippen LogP contribution in [0.4, 0.5) is 0 Å². The summed E-state index contributed by atoms with van der Waals surface area (Å²) in [6, 6.07) is 21.8. The van der Waals surface area contributed by atoms with E-state index in [-0.39, 0.29) is 0 Å². The lowest BCUT2D eigenvalue weighted by Gasteiger charge is -2.17. The monoisotopic (exact) mass is 360 g/mol. The molecule has 3 aromatic rings. The van der Waals surface area contributed by atoms with Gasteiger partial charge >= 0.3 is 0 Å². The van der Waals surface area contributed by atoms with Crippen LogP contribution in [0, 0.1) is 0 Å². The lowest BCUT2D eigenvalue weighted by Crippen LogP contribution is -2.10. The lowest BCUT2D eigenvalue weighted by molar-refractivity contribution is 0.0883. The first-order valence-corrected chi connectivity index (χ1v) is 9.82. The molecule has 1 aliphatic carbocycles. The van der Waals surface area contributed by atoms with Gasteiger partial charge in [0.15, 0.2) is 0 Å². The average Bonchev–Trinajstić information content (AvgIpc) is 3.45. The van der Waals surface area contributed by atoms with E-state index in [0.717, 1.165) is 18.8 Å². The fraction of sp³-hybridized carbons (Fsp3) is 0.333. The van der Waals surface area contributed by atoms with Gasteiger partial charge in [-0.05, 0) is 41.0 Å². The Labute approximate surface area is 159 Å². The second-order valence-corrected chi connectivity index (χ2v) is 7.37. The van der Waals surface area contributed by atoms with Crippen molar-refractivity contribution in [2.75, 3.05) is 26.4 Å². The Kier molecular flexibility index (Phi) is 4.56. The molecule has 138 valence electrons. The highest BCUT2D eigenvalue weighted by Gasteiger charge is 2.25. The molecule has 0 bridgehead atoms. The molecule has 1 aliphatic heterocycles. The zero-order valence-electron chi connectivity index (χ0n) is 15.4. The molecule has 0 spiro atoms. The molecule has 2 aliphatic rings. The van der Waals surface area contributed by atoms with E-state index >= 15 is 0 Å². The van der Waals surface area contributed by atoms with Gasteiger partial charge in [0, 0.05) is 11.3 Å². The Bertz CT molecular complexity index is 945. The van der Waals surface area contributed by atoms with Gasteiger partial charge in [0.1, 0.15) is 18.5 Å². The zero-order chi connectivity index (χ0) is 18.1.